The molecule has 1 N–H and O–H groups in total. The van der Waals surface area contributed by atoms with Crippen molar-refractivity contribution in [3.8, 4) is 5.75 Å². The molecular formula is C18H20ClN3O4. The number of non-ortho nitro benzene ring substituents is 1. The first-order valence-corrected chi connectivity index (χ1v) is 8.27. The van der Waals surface area contributed by atoms with Crippen LogP contribution in [0.1, 0.15) is 12.5 Å². The number of hydrogen-bond acceptors (Lipinski definition) is 5. The van der Waals surface area contributed by atoms with Crippen LogP contribution in [0.3, 0.4) is 0 Å². The first kappa shape index (κ1) is 19.7. The summed E-state index contributed by atoms with van der Waals surface area (Å²) in [5.41, 5.74) is 1.16. The van der Waals surface area contributed by atoms with E-state index in [1.165, 1.54) is 25.3 Å². The molecule has 0 bridgehead atoms. The maximum Gasteiger partial charge on any atom is 0.271 e. The van der Waals surface area contributed by atoms with Gasteiger partial charge in [-0.05, 0) is 37.7 Å². The molecule has 2 aromatic rings. The lowest BCUT2D eigenvalue weighted by molar-refractivity contribution is -0.384. The molecule has 0 fully saturated rings. The molecule has 0 saturated carbocycles. The Morgan fingerprint density at radius 3 is 2.54 bits per heavy atom. The van der Waals surface area contributed by atoms with E-state index in [4.69, 9.17) is 16.3 Å². The van der Waals surface area contributed by atoms with Gasteiger partial charge in [0.15, 0.2) is 0 Å². The molecule has 2 aromatic carbocycles. The number of hydrogen-bond donors (Lipinski definition) is 1. The van der Waals surface area contributed by atoms with Crippen LogP contribution in [-0.4, -0.2) is 35.9 Å². The van der Waals surface area contributed by atoms with Crippen LogP contribution in [-0.2, 0) is 11.3 Å². The standard InChI is InChI=1S/C18H20ClN3O4/c1-12(21(2)11-13-4-6-14(19)7-5-13)18(23)20-16-10-15(22(24)25)8-9-17(16)26-3/h4-10,12H,11H2,1-3H3,(H,20,23). The van der Waals surface area contributed by atoms with Crippen LogP contribution in [0.25, 0.3) is 0 Å². The lowest BCUT2D eigenvalue weighted by Gasteiger charge is -2.24. The number of carbonyl (C=O) groups is 1. The van der Waals surface area contributed by atoms with Crippen LogP contribution in [0.15, 0.2) is 42.5 Å². The van der Waals surface area contributed by atoms with Gasteiger partial charge < -0.3 is 10.1 Å². The van der Waals surface area contributed by atoms with Crippen LogP contribution < -0.4 is 10.1 Å². The molecule has 7 nitrogen and oxygen atoms in total. The molecule has 138 valence electrons. The minimum absolute atomic E-state index is 0.122. The smallest absolute Gasteiger partial charge is 0.271 e. The molecule has 1 unspecified atom stereocenters. The number of carbonyl (C=O) groups excluding carboxylic acids is 1. The number of ether oxygens (including phenoxy) is 1. The molecule has 0 aromatic heterocycles. The van der Waals surface area contributed by atoms with Gasteiger partial charge in [-0.3, -0.25) is 19.8 Å². The van der Waals surface area contributed by atoms with E-state index in [9.17, 15) is 14.9 Å². The van der Waals surface area contributed by atoms with E-state index in [0.29, 0.717) is 17.3 Å². The summed E-state index contributed by atoms with van der Waals surface area (Å²) in [5.74, 6) is 0.0664. The van der Waals surface area contributed by atoms with Gasteiger partial charge in [-0.1, -0.05) is 23.7 Å². The molecule has 0 saturated heterocycles. The Hall–Kier alpha value is -2.64. The molecule has 0 aliphatic carbocycles. The van der Waals surface area contributed by atoms with Crippen LogP contribution in [0.4, 0.5) is 11.4 Å². The first-order valence-electron chi connectivity index (χ1n) is 7.89. The van der Waals surface area contributed by atoms with Gasteiger partial charge in [0.1, 0.15) is 5.75 Å². The molecule has 1 amide bonds. The Morgan fingerprint density at radius 2 is 1.96 bits per heavy atom. The minimum atomic E-state index is -0.523. The van der Waals surface area contributed by atoms with Gasteiger partial charge in [-0.25, -0.2) is 0 Å². The lowest BCUT2D eigenvalue weighted by Crippen LogP contribution is -2.39. The fourth-order valence-corrected chi connectivity index (χ4v) is 2.49. The van der Waals surface area contributed by atoms with Gasteiger partial charge in [0.05, 0.1) is 23.8 Å². The predicted molar refractivity (Wildman–Crippen MR) is 101 cm³/mol. The third-order valence-electron chi connectivity index (χ3n) is 4.04. The first-order chi connectivity index (χ1) is 12.3. The van der Waals surface area contributed by atoms with Crippen molar-refractivity contribution >= 4 is 28.9 Å². The average Bonchev–Trinajstić information content (AvgIpc) is 2.62. The highest BCUT2D eigenvalue weighted by molar-refractivity contribution is 6.30. The summed E-state index contributed by atoms with van der Waals surface area (Å²) in [6.07, 6.45) is 0. The number of likely N-dealkylation sites (N-methyl/N-ethyl adjacent to an activating group) is 1. The third-order valence-corrected chi connectivity index (χ3v) is 4.29. The van der Waals surface area contributed by atoms with Crippen molar-refractivity contribution in [3.63, 3.8) is 0 Å². The minimum Gasteiger partial charge on any atom is -0.495 e. The molecule has 0 aliphatic rings. The largest absolute Gasteiger partial charge is 0.495 e. The highest BCUT2D eigenvalue weighted by Gasteiger charge is 2.21. The van der Waals surface area contributed by atoms with Crippen molar-refractivity contribution in [3.05, 3.63) is 63.2 Å². The molecule has 1 atom stereocenters. The summed E-state index contributed by atoms with van der Waals surface area (Å²) in [7, 11) is 3.26. The summed E-state index contributed by atoms with van der Waals surface area (Å²) in [5, 5.41) is 14.3. The van der Waals surface area contributed by atoms with Gasteiger partial charge >= 0.3 is 0 Å². The fraction of sp³-hybridized carbons (Fsp3) is 0.278. The van der Waals surface area contributed by atoms with Gasteiger partial charge in [0.25, 0.3) is 5.69 Å². The molecule has 0 spiro atoms. The second kappa shape index (κ2) is 8.64. The summed E-state index contributed by atoms with van der Waals surface area (Å²) < 4.78 is 5.16. The van der Waals surface area contributed by atoms with E-state index in [2.05, 4.69) is 5.32 Å². The number of nitrogens with zero attached hydrogens (tertiary/aromatic N) is 2. The van der Waals surface area contributed by atoms with Crippen LogP contribution in [0.2, 0.25) is 5.02 Å². The van der Waals surface area contributed by atoms with Crippen molar-refractivity contribution in [2.75, 3.05) is 19.5 Å². The van der Waals surface area contributed by atoms with E-state index in [1.54, 1.807) is 19.1 Å². The Kier molecular flexibility index (Phi) is 6.54. The normalized spacial score (nSPS) is 11.9. The maximum atomic E-state index is 12.5. The molecule has 2 rings (SSSR count). The van der Waals surface area contributed by atoms with Crippen LogP contribution in [0.5, 0.6) is 5.75 Å². The molecule has 0 radical (unpaired) electrons. The number of nitro benzene ring substituents is 1. The van der Waals surface area contributed by atoms with Gasteiger partial charge in [-0.15, -0.1) is 0 Å². The Labute approximate surface area is 156 Å². The zero-order chi connectivity index (χ0) is 19.3. The maximum absolute atomic E-state index is 12.5. The molecule has 0 heterocycles. The van der Waals surface area contributed by atoms with E-state index in [0.717, 1.165) is 5.56 Å². The van der Waals surface area contributed by atoms with Crippen molar-refractivity contribution in [2.45, 2.75) is 19.5 Å². The molecule has 0 aliphatic heterocycles. The van der Waals surface area contributed by atoms with Crippen molar-refractivity contribution in [1.29, 1.82) is 0 Å². The number of benzene rings is 2. The highest BCUT2D eigenvalue weighted by Crippen LogP contribution is 2.29. The number of amides is 1. The third kappa shape index (κ3) is 4.93. The lowest BCUT2D eigenvalue weighted by atomic mass is 10.2. The summed E-state index contributed by atoms with van der Waals surface area (Å²) in [6.45, 7) is 2.31. The van der Waals surface area contributed by atoms with E-state index < -0.39 is 11.0 Å². The van der Waals surface area contributed by atoms with E-state index in [-0.39, 0.29) is 17.3 Å². The van der Waals surface area contributed by atoms with Crippen molar-refractivity contribution < 1.29 is 14.5 Å². The van der Waals surface area contributed by atoms with Gasteiger partial charge in [-0.2, -0.15) is 0 Å². The topological polar surface area (TPSA) is 84.7 Å². The van der Waals surface area contributed by atoms with Crippen LogP contribution >= 0.6 is 11.6 Å². The fourth-order valence-electron chi connectivity index (χ4n) is 2.36. The number of rotatable bonds is 7. The second-order valence-electron chi connectivity index (χ2n) is 5.85. The predicted octanol–water partition coefficient (Wildman–Crippen LogP) is 3.72. The summed E-state index contributed by atoms with van der Waals surface area (Å²) >= 11 is 5.88. The average molecular weight is 378 g/mol. The number of halogens is 1. The van der Waals surface area contributed by atoms with Gasteiger partial charge in [0, 0.05) is 23.7 Å². The Morgan fingerprint density at radius 1 is 1.31 bits per heavy atom. The van der Waals surface area contributed by atoms with Crippen LogP contribution in [0, 0.1) is 10.1 Å². The Bertz CT molecular complexity index is 796. The van der Waals surface area contributed by atoms with E-state index >= 15 is 0 Å². The molecule has 26 heavy (non-hydrogen) atoms. The van der Waals surface area contributed by atoms with E-state index in [1.807, 2.05) is 24.1 Å². The summed E-state index contributed by atoms with van der Waals surface area (Å²) in [4.78, 5) is 24.8. The zero-order valence-corrected chi connectivity index (χ0v) is 15.5. The number of anilines is 1. The Balaban J connectivity index is 2.09. The number of nitrogens with one attached hydrogen (secondary N) is 1. The quantitative estimate of drug-likeness (QED) is 0.587. The molecule has 8 heteroatoms. The number of nitro groups is 1. The summed E-state index contributed by atoms with van der Waals surface area (Å²) in [6, 6.07) is 11.0. The number of methoxy groups -OCH3 is 1. The zero-order valence-electron chi connectivity index (χ0n) is 14.7. The monoisotopic (exact) mass is 377 g/mol. The van der Waals surface area contributed by atoms with Crippen molar-refractivity contribution in [2.24, 2.45) is 0 Å². The molecular weight excluding hydrogens is 358 g/mol. The van der Waals surface area contributed by atoms with Gasteiger partial charge in [0.2, 0.25) is 5.91 Å². The second-order valence-corrected chi connectivity index (χ2v) is 6.28. The highest BCUT2D eigenvalue weighted by atomic mass is 35.5. The SMILES string of the molecule is COc1ccc([N+](=O)[O-])cc1NC(=O)C(C)N(C)Cc1ccc(Cl)cc1. The van der Waals surface area contributed by atoms with Crippen molar-refractivity contribution in [1.82, 2.24) is 4.90 Å².